The van der Waals surface area contributed by atoms with Gasteiger partial charge in [-0.05, 0) is 74.4 Å². The maximum absolute atomic E-state index is 13.4. The molecule has 2 saturated heterocycles. The summed E-state index contributed by atoms with van der Waals surface area (Å²) in [4.78, 5) is 71.8. The van der Waals surface area contributed by atoms with Gasteiger partial charge in [-0.25, -0.2) is 14.6 Å². The summed E-state index contributed by atoms with van der Waals surface area (Å²) in [6.45, 7) is 4.22. The number of carbonyl (C=O) groups is 4. The molecule has 5 heterocycles. The van der Waals surface area contributed by atoms with Crippen LogP contribution in [0.25, 0.3) is 21.9 Å². The van der Waals surface area contributed by atoms with Crippen molar-refractivity contribution in [3.8, 4) is 0 Å². The molecule has 3 fully saturated rings. The highest BCUT2D eigenvalue weighted by atomic mass is 19.4. The van der Waals surface area contributed by atoms with Crippen LogP contribution in [0.3, 0.4) is 0 Å². The van der Waals surface area contributed by atoms with Crippen LogP contribution in [0.2, 0.25) is 0 Å². The quantitative estimate of drug-likeness (QED) is 0.166. The molecule has 0 spiro atoms. The molecular formula is C40H42F3N9O6. The third kappa shape index (κ3) is 7.43. The van der Waals surface area contributed by atoms with Crippen LogP contribution < -0.4 is 21.2 Å². The van der Waals surface area contributed by atoms with Gasteiger partial charge in [0.25, 0.3) is 5.91 Å². The second-order valence-corrected chi connectivity index (χ2v) is 15.2. The normalized spacial score (nSPS) is 20.7. The summed E-state index contributed by atoms with van der Waals surface area (Å²) in [5, 5.41) is 10.3. The molecule has 3 aliphatic rings. The Hall–Kier alpha value is -6.04. The van der Waals surface area contributed by atoms with Crippen LogP contribution in [0.1, 0.15) is 77.1 Å². The van der Waals surface area contributed by atoms with Crippen molar-refractivity contribution < 1.29 is 37.1 Å². The minimum absolute atomic E-state index is 0.00994. The Morgan fingerprint density at radius 3 is 2.41 bits per heavy atom. The average Bonchev–Trinajstić information content (AvgIpc) is 3.74. The molecule has 2 aliphatic heterocycles. The number of pyridine rings is 1. The Kier molecular flexibility index (Phi) is 10.3. The second kappa shape index (κ2) is 15.4. The van der Waals surface area contributed by atoms with E-state index in [4.69, 9.17) is 9.84 Å². The molecule has 0 bridgehead atoms. The minimum atomic E-state index is -4.73. The van der Waals surface area contributed by atoms with Gasteiger partial charge in [-0.15, -0.1) is 0 Å². The number of carbonyl (C=O) groups excluding carboxylic acids is 4. The minimum Gasteiger partial charge on any atom is -0.465 e. The van der Waals surface area contributed by atoms with Crippen molar-refractivity contribution in [2.75, 3.05) is 50.1 Å². The van der Waals surface area contributed by atoms with Gasteiger partial charge in [0, 0.05) is 57.8 Å². The molecule has 2 aromatic carbocycles. The number of hydrogen-bond donors (Lipinski definition) is 2. The van der Waals surface area contributed by atoms with Crippen molar-refractivity contribution in [2.45, 2.75) is 56.8 Å². The zero-order chi connectivity index (χ0) is 40.9. The van der Waals surface area contributed by atoms with Gasteiger partial charge in [-0.3, -0.25) is 38.4 Å². The number of rotatable bonds is 8. The van der Waals surface area contributed by atoms with Crippen molar-refractivity contribution >= 4 is 57.0 Å². The van der Waals surface area contributed by atoms with Gasteiger partial charge in [0.1, 0.15) is 17.4 Å². The van der Waals surface area contributed by atoms with Crippen molar-refractivity contribution in [3.05, 3.63) is 82.2 Å². The number of alkyl halides is 3. The van der Waals surface area contributed by atoms with Gasteiger partial charge < -0.3 is 15.0 Å². The molecule has 5 aromatic rings. The zero-order valence-electron chi connectivity index (χ0n) is 31.9. The number of fused-ring (bicyclic) bond motifs is 2. The first kappa shape index (κ1) is 38.8. The summed E-state index contributed by atoms with van der Waals surface area (Å²) >= 11 is 0. The number of nitrogens with one attached hydrogen (secondary N) is 2. The largest absolute Gasteiger partial charge is 0.465 e. The molecule has 58 heavy (non-hydrogen) atoms. The fourth-order valence-electron chi connectivity index (χ4n) is 8.60. The number of anilines is 2. The Labute approximate surface area is 329 Å². The number of esters is 1. The van der Waals surface area contributed by atoms with Crippen LogP contribution >= 0.6 is 0 Å². The summed E-state index contributed by atoms with van der Waals surface area (Å²) < 4.78 is 49.6. The number of nitrogens with zero attached hydrogens (tertiary/aromatic N) is 7. The molecule has 18 heteroatoms. The Balaban J connectivity index is 0.896. The fourth-order valence-corrected chi connectivity index (χ4v) is 8.60. The van der Waals surface area contributed by atoms with Crippen molar-refractivity contribution in [2.24, 2.45) is 13.0 Å². The Morgan fingerprint density at radius 2 is 1.71 bits per heavy atom. The number of imide groups is 1. The smallest absolute Gasteiger partial charge is 0.433 e. The van der Waals surface area contributed by atoms with Crippen molar-refractivity contribution in [3.63, 3.8) is 0 Å². The lowest BCUT2D eigenvalue weighted by atomic mass is 9.85. The van der Waals surface area contributed by atoms with Gasteiger partial charge in [0.2, 0.25) is 11.8 Å². The monoisotopic (exact) mass is 801 g/mol. The molecule has 3 aromatic heterocycles. The van der Waals surface area contributed by atoms with Gasteiger partial charge >= 0.3 is 17.8 Å². The van der Waals surface area contributed by atoms with Gasteiger partial charge in [-0.1, -0.05) is 12.1 Å². The summed E-state index contributed by atoms with van der Waals surface area (Å²) in [7, 11) is 2.91. The van der Waals surface area contributed by atoms with E-state index < -0.39 is 41.4 Å². The maximum atomic E-state index is 13.4. The van der Waals surface area contributed by atoms with E-state index in [0.717, 1.165) is 87.8 Å². The van der Waals surface area contributed by atoms with E-state index in [9.17, 15) is 37.1 Å². The number of amides is 3. The summed E-state index contributed by atoms with van der Waals surface area (Å²) in [5.41, 5.74) is 1.03. The lowest BCUT2D eigenvalue weighted by Gasteiger charge is -2.39. The number of piperazine rings is 1. The zero-order valence-corrected chi connectivity index (χ0v) is 31.9. The first-order valence-corrected chi connectivity index (χ1v) is 19.3. The highest BCUT2D eigenvalue weighted by Gasteiger charge is 2.34. The van der Waals surface area contributed by atoms with Crippen molar-refractivity contribution in [1.82, 2.24) is 34.1 Å². The van der Waals surface area contributed by atoms with E-state index in [0.29, 0.717) is 22.3 Å². The predicted molar refractivity (Wildman–Crippen MR) is 207 cm³/mol. The molecule has 1 atom stereocenters. The van der Waals surface area contributed by atoms with Crippen LogP contribution in [-0.4, -0.2) is 92.3 Å². The molecule has 8 rings (SSSR count). The highest BCUT2D eigenvalue weighted by molar-refractivity contribution is 6.09. The van der Waals surface area contributed by atoms with Crippen LogP contribution in [0.4, 0.5) is 24.5 Å². The lowest BCUT2D eigenvalue weighted by Crippen LogP contribution is -2.48. The Bertz CT molecular complexity index is 2490. The number of methoxy groups -OCH3 is 1. The number of piperidine rings is 1. The molecule has 1 saturated carbocycles. The van der Waals surface area contributed by atoms with Crippen molar-refractivity contribution in [1.29, 1.82) is 0 Å². The van der Waals surface area contributed by atoms with E-state index in [1.165, 1.54) is 17.7 Å². The number of aromatic nitrogens is 5. The van der Waals surface area contributed by atoms with Gasteiger partial charge in [0.15, 0.2) is 0 Å². The predicted octanol–water partition coefficient (Wildman–Crippen LogP) is 4.67. The third-order valence-electron chi connectivity index (χ3n) is 11.6. The standard InChI is InChI=1S/C40H42F3N9O6/c1-48-35-30(6-4-7-31(35)52(39(48)57)32-13-14-34(53)46-37(32)55)50-17-15-49(16-18-50)21-23-9-11-25(12-10-23)51-22-24-19-29(26(38(56)58-2)20-28(24)47-51)45-36(54)27-5-3-8-33(44-27)40(41,42)43/h3-8,19-20,22-23,25,32H,9-18,21H2,1-2H3,(H,45,54)(H,46,53,55). The molecule has 3 amide bonds. The van der Waals surface area contributed by atoms with E-state index in [2.05, 4.69) is 25.4 Å². The number of para-hydroxylation sites is 1. The molecule has 2 N–H and O–H groups in total. The molecule has 1 unspecified atom stereocenters. The SMILES string of the molecule is COC(=O)c1cc2nn(C3CCC(CN4CCN(c5cccc6c5n(C)c(=O)n6C5CCC(=O)NC5=O)CC4)CC3)cc2cc1NC(=O)c1cccc(C(F)(F)F)n1. The van der Waals surface area contributed by atoms with Crippen LogP contribution in [-0.2, 0) is 27.5 Å². The van der Waals surface area contributed by atoms with Crippen LogP contribution in [0, 0.1) is 5.92 Å². The topological polar surface area (TPSA) is 166 Å². The van der Waals surface area contributed by atoms with E-state index in [1.54, 1.807) is 17.7 Å². The molecule has 1 aliphatic carbocycles. The number of ether oxygens (including phenoxy) is 1. The first-order chi connectivity index (χ1) is 27.8. The van der Waals surface area contributed by atoms with E-state index in [1.807, 2.05) is 29.1 Å². The van der Waals surface area contributed by atoms with Gasteiger partial charge in [0.05, 0.1) is 46.6 Å². The maximum Gasteiger partial charge on any atom is 0.433 e. The number of imidazole rings is 1. The highest BCUT2D eigenvalue weighted by Crippen LogP contribution is 2.36. The second-order valence-electron chi connectivity index (χ2n) is 15.2. The molecule has 0 radical (unpaired) electrons. The average molecular weight is 802 g/mol. The molecule has 304 valence electrons. The molecular weight excluding hydrogens is 759 g/mol. The Morgan fingerprint density at radius 1 is 0.966 bits per heavy atom. The third-order valence-corrected chi connectivity index (χ3v) is 11.6. The van der Waals surface area contributed by atoms with Crippen LogP contribution in [0.5, 0.6) is 0 Å². The van der Waals surface area contributed by atoms with E-state index >= 15 is 0 Å². The number of benzene rings is 2. The number of aryl methyl sites for hydroxylation is 1. The lowest BCUT2D eigenvalue weighted by molar-refractivity contribution is -0.141. The fraction of sp³-hybridized carbons (Fsp3) is 0.425. The number of halogens is 3. The van der Waals surface area contributed by atoms with Gasteiger partial charge in [-0.2, -0.15) is 18.3 Å². The number of hydrogen-bond acceptors (Lipinski definition) is 10. The van der Waals surface area contributed by atoms with E-state index in [-0.39, 0.29) is 41.7 Å². The molecule has 15 nitrogen and oxygen atoms in total. The summed E-state index contributed by atoms with van der Waals surface area (Å²) in [6.07, 6.45) is 1.37. The van der Waals surface area contributed by atoms with Crippen LogP contribution in [0.15, 0.2) is 59.5 Å². The summed E-state index contributed by atoms with van der Waals surface area (Å²) in [5.74, 6) is -1.93. The summed E-state index contributed by atoms with van der Waals surface area (Å²) in [6, 6.07) is 11.3. The first-order valence-electron chi connectivity index (χ1n) is 19.3.